The summed E-state index contributed by atoms with van der Waals surface area (Å²) in [5, 5.41) is 0. The first-order chi connectivity index (χ1) is 7.75. The summed E-state index contributed by atoms with van der Waals surface area (Å²) in [6.07, 6.45) is 2.68. The molecule has 2 heterocycles. The fourth-order valence-electron chi connectivity index (χ4n) is 1.59. The Morgan fingerprint density at radius 3 is 3.12 bits per heavy atom. The first-order valence-electron chi connectivity index (χ1n) is 5.23. The minimum absolute atomic E-state index is 0.221. The molecule has 88 valence electrons. The van der Waals surface area contributed by atoms with Crippen molar-refractivity contribution in [3.8, 4) is 0 Å². The molecule has 1 unspecified atom stereocenters. The van der Waals surface area contributed by atoms with E-state index < -0.39 is 0 Å². The number of rotatable bonds is 5. The normalized spacial score (nSPS) is 20.2. The Bertz CT molecular complexity index is 359. The van der Waals surface area contributed by atoms with E-state index in [4.69, 9.17) is 4.74 Å². The number of carbonyl (C=O) groups is 1. The molecule has 1 aliphatic heterocycles. The van der Waals surface area contributed by atoms with Crippen molar-refractivity contribution in [2.24, 2.45) is 0 Å². The Morgan fingerprint density at radius 2 is 2.50 bits per heavy atom. The maximum Gasteiger partial charge on any atom is 0.182 e. The van der Waals surface area contributed by atoms with Crippen LogP contribution in [0.2, 0.25) is 0 Å². The molecular formula is C11H13BrO2S2. The molecule has 1 atom stereocenters. The molecule has 1 aromatic rings. The van der Waals surface area contributed by atoms with Gasteiger partial charge in [-0.25, -0.2) is 0 Å². The van der Waals surface area contributed by atoms with Gasteiger partial charge in [0.05, 0.1) is 20.5 Å². The van der Waals surface area contributed by atoms with E-state index in [9.17, 15) is 4.79 Å². The van der Waals surface area contributed by atoms with Crippen molar-refractivity contribution in [3.05, 3.63) is 20.8 Å². The lowest BCUT2D eigenvalue weighted by Gasteiger charge is -2.07. The molecule has 16 heavy (non-hydrogen) atoms. The molecule has 1 saturated heterocycles. The summed E-state index contributed by atoms with van der Waals surface area (Å²) in [6, 6.07) is 3.80. The van der Waals surface area contributed by atoms with Crippen LogP contribution < -0.4 is 0 Å². The summed E-state index contributed by atoms with van der Waals surface area (Å²) >= 11 is 6.54. The van der Waals surface area contributed by atoms with Gasteiger partial charge in [0.25, 0.3) is 0 Å². The van der Waals surface area contributed by atoms with E-state index in [1.165, 1.54) is 11.3 Å². The van der Waals surface area contributed by atoms with Crippen LogP contribution in [-0.2, 0) is 4.74 Å². The van der Waals surface area contributed by atoms with Crippen molar-refractivity contribution in [1.82, 2.24) is 0 Å². The molecule has 2 rings (SSSR count). The first kappa shape index (κ1) is 12.6. The molecule has 0 amide bonds. The standard InChI is InChI=1S/C11H13BrO2S2/c12-11-4-3-10(16-11)9(13)7-15-6-8-2-1-5-14-8/h3-4,8H,1-2,5-7H2. The molecule has 2 nitrogen and oxygen atoms in total. The summed E-state index contributed by atoms with van der Waals surface area (Å²) < 4.78 is 6.52. The molecule has 0 saturated carbocycles. The summed E-state index contributed by atoms with van der Waals surface area (Å²) in [5.41, 5.74) is 0. The highest BCUT2D eigenvalue weighted by Crippen LogP contribution is 2.24. The number of carbonyl (C=O) groups excluding carboxylic acids is 1. The zero-order valence-electron chi connectivity index (χ0n) is 8.78. The van der Waals surface area contributed by atoms with Crippen molar-refractivity contribution in [2.75, 3.05) is 18.1 Å². The quantitative estimate of drug-likeness (QED) is 0.775. The molecule has 1 fully saturated rings. The summed E-state index contributed by atoms with van der Waals surface area (Å²) in [5.74, 6) is 1.73. The van der Waals surface area contributed by atoms with Gasteiger partial charge in [0.2, 0.25) is 0 Å². The van der Waals surface area contributed by atoms with Gasteiger partial charge in [-0.15, -0.1) is 11.3 Å². The monoisotopic (exact) mass is 320 g/mol. The lowest BCUT2D eigenvalue weighted by Crippen LogP contribution is -2.10. The molecule has 5 heteroatoms. The number of thioether (sulfide) groups is 1. The minimum Gasteiger partial charge on any atom is -0.377 e. The van der Waals surface area contributed by atoms with Gasteiger partial charge in [-0.1, -0.05) is 0 Å². The first-order valence-corrected chi connectivity index (χ1v) is 8.00. The summed E-state index contributed by atoms with van der Waals surface area (Å²) in [4.78, 5) is 12.6. The van der Waals surface area contributed by atoms with Gasteiger partial charge in [-0.2, -0.15) is 11.8 Å². The van der Waals surface area contributed by atoms with Gasteiger partial charge in [-0.05, 0) is 40.9 Å². The minimum atomic E-state index is 0.221. The fraction of sp³-hybridized carbons (Fsp3) is 0.545. The Balaban J connectivity index is 1.71. The maximum atomic E-state index is 11.8. The number of ether oxygens (including phenoxy) is 1. The van der Waals surface area contributed by atoms with Crippen LogP contribution >= 0.6 is 39.0 Å². The highest BCUT2D eigenvalue weighted by atomic mass is 79.9. The Morgan fingerprint density at radius 1 is 1.62 bits per heavy atom. The smallest absolute Gasteiger partial charge is 0.182 e. The topological polar surface area (TPSA) is 26.3 Å². The molecule has 0 N–H and O–H groups in total. The van der Waals surface area contributed by atoms with E-state index in [0.29, 0.717) is 11.9 Å². The van der Waals surface area contributed by atoms with Crippen LogP contribution in [0.15, 0.2) is 15.9 Å². The van der Waals surface area contributed by atoms with Gasteiger partial charge in [0.15, 0.2) is 5.78 Å². The second-order valence-electron chi connectivity index (χ2n) is 3.68. The Hall–Kier alpha value is 0.160. The molecule has 0 aromatic carbocycles. The van der Waals surface area contributed by atoms with Gasteiger partial charge < -0.3 is 4.74 Å². The molecule has 0 spiro atoms. The van der Waals surface area contributed by atoms with E-state index in [1.807, 2.05) is 12.1 Å². The Labute approximate surface area is 112 Å². The Kier molecular flexibility index (Phi) is 4.88. The third kappa shape index (κ3) is 3.58. The maximum absolute atomic E-state index is 11.8. The molecular weight excluding hydrogens is 308 g/mol. The van der Waals surface area contributed by atoms with Gasteiger partial charge >= 0.3 is 0 Å². The van der Waals surface area contributed by atoms with Gasteiger partial charge in [0.1, 0.15) is 0 Å². The third-order valence-electron chi connectivity index (χ3n) is 2.41. The van der Waals surface area contributed by atoms with Crippen LogP contribution in [0.4, 0.5) is 0 Å². The molecule has 1 aromatic heterocycles. The number of hydrogen-bond donors (Lipinski definition) is 0. The summed E-state index contributed by atoms with van der Waals surface area (Å²) in [7, 11) is 0. The van der Waals surface area contributed by atoms with Crippen molar-refractivity contribution >= 4 is 44.8 Å². The van der Waals surface area contributed by atoms with E-state index in [0.717, 1.165) is 33.9 Å². The van der Waals surface area contributed by atoms with Crippen LogP contribution in [0.1, 0.15) is 22.5 Å². The van der Waals surface area contributed by atoms with Crippen molar-refractivity contribution in [2.45, 2.75) is 18.9 Å². The zero-order chi connectivity index (χ0) is 11.4. The highest BCUT2D eigenvalue weighted by molar-refractivity contribution is 9.11. The average Bonchev–Trinajstić information content (AvgIpc) is 2.89. The highest BCUT2D eigenvalue weighted by Gasteiger charge is 2.16. The van der Waals surface area contributed by atoms with Crippen molar-refractivity contribution in [3.63, 3.8) is 0 Å². The van der Waals surface area contributed by atoms with E-state index in [2.05, 4.69) is 15.9 Å². The predicted molar refractivity (Wildman–Crippen MR) is 72.6 cm³/mol. The predicted octanol–water partition coefficient (Wildman–Crippen LogP) is 3.61. The molecule has 1 aliphatic rings. The largest absolute Gasteiger partial charge is 0.377 e. The van der Waals surface area contributed by atoms with Crippen molar-refractivity contribution < 1.29 is 9.53 Å². The van der Waals surface area contributed by atoms with Gasteiger partial charge in [0, 0.05) is 12.4 Å². The third-order valence-corrected chi connectivity index (χ3v) is 5.15. The van der Waals surface area contributed by atoms with E-state index >= 15 is 0 Å². The second-order valence-corrected chi connectivity index (χ2v) is 7.17. The van der Waals surface area contributed by atoms with E-state index in [-0.39, 0.29) is 5.78 Å². The van der Waals surface area contributed by atoms with Gasteiger partial charge in [-0.3, -0.25) is 4.79 Å². The molecule has 0 aliphatic carbocycles. The SMILES string of the molecule is O=C(CSCC1CCCO1)c1ccc(Br)s1. The number of thiophene rings is 1. The molecule has 0 bridgehead atoms. The summed E-state index contributed by atoms with van der Waals surface area (Å²) in [6.45, 7) is 0.886. The van der Waals surface area contributed by atoms with Crippen LogP contribution in [0, 0.1) is 0 Å². The number of halogens is 1. The molecule has 0 radical (unpaired) electrons. The van der Waals surface area contributed by atoms with Crippen LogP contribution in [0.25, 0.3) is 0 Å². The number of ketones is 1. The van der Waals surface area contributed by atoms with Crippen LogP contribution in [0.5, 0.6) is 0 Å². The van der Waals surface area contributed by atoms with Crippen molar-refractivity contribution in [1.29, 1.82) is 0 Å². The average molecular weight is 321 g/mol. The fourth-order valence-corrected chi connectivity index (χ4v) is 3.99. The lowest BCUT2D eigenvalue weighted by molar-refractivity contribution is 0.102. The number of Topliss-reactive ketones (excluding diaryl/α,β-unsaturated/α-hetero) is 1. The lowest BCUT2D eigenvalue weighted by atomic mass is 10.3. The van der Waals surface area contributed by atoms with Crippen LogP contribution in [-0.4, -0.2) is 30.0 Å². The van der Waals surface area contributed by atoms with Crippen LogP contribution in [0.3, 0.4) is 0 Å². The number of hydrogen-bond acceptors (Lipinski definition) is 4. The zero-order valence-corrected chi connectivity index (χ0v) is 12.0. The van der Waals surface area contributed by atoms with E-state index in [1.54, 1.807) is 11.8 Å². The second kappa shape index (κ2) is 6.19.